The number of guanidine groups is 1. The van der Waals surface area contributed by atoms with Crippen LogP contribution >= 0.6 is 0 Å². The summed E-state index contributed by atoms with van der Waals surface area (Å²) in [5.74, 6) is -9.87. The predicted octanol–water partition coefficient (Wildman–Crippen LogP) is -4.25. The summed E-state index contributed by atoms with van der Waals surface area (Å²) in [5.41, 5.74) is 16.9. The fraction of sp³-hybridized carbons (Fsp3) is 0.553. The molecule has 63 heavy (non-hydrogen) atoms. The van der Waals surface area contributed by atoms with Crippen LogP contribution in [-0.4, -0.2) is 143 Å². The number of primary amides is 1. The van der Waals surface area contributed by atoms with Gasteiger partial charge in [-0.15, -0.1) is 0 Å². The molecule has 0 saturated carbocycles. The minimum Gasteiger partial charge on any atom is -0.481 e. The van der Waals surface area contributed by atoms with Crippen LogP contribution in [0.1, 0.15) is 69.8 Å². The molecule has 1 aliphatic rings. The van der Waals surface area contributed by atoms with Gasteiger partial charge in [0.2, 0.25) is 41.4 Å². The lowest BCUT2D eigenvalue weighted by molar-refractivity contribution is -0.142. The minimum atomic E-state index is -1.85. The molecule has 25 heteroatoms. The zero-order valence-electron chi connectivity index (χ0n) is 34.7. The molecular formula is C38H59N13O12. The Morgan fingerprint density at radius 3 is 1.94 bits per heavy atom. The number of carbonyl (C=O) groups is 10. The highest BCUT2D eigenvalue weighted by Crippen LogP contribution is 2.10. The zero-order valence-corrected chi connectivity index (χ0v) is 34.7. The van der Waals surface area contributed by atoms with E-state index in [4.69, 9.17) is 22.6 Å². The van der Waals surface area contributed by atoms with Crippen molar-refractivity contribution in [1.82, 2.24) is 47.4 Å². The molecule has 348 valence electrons. The van der Waals surface area contributed by atoms with Crippen LogP contribution in [-0.2, 0) is 49.6 Å². The summed E-state index contributed by atoms with van der Waals surface area (Å²) in [5, 5.41) is 46.3. The first-order valence-corrected chi connectivity index (χ1v) is 20.2. The van der Waals surface area contributed by atoms with Crippen molar-refractivity contribution in [2.75, 3.05) is 32.8 Å². The first kappa shape index (κ1) is 52.1. The summed E-state index contributed by atoms with van der Waals surface area (Å²) in [4.78, 5) is 132. The number of carboxylic acids is 2. The number of nitrogens with two attached hydrogens (primary N) is 3. The van der Waals surface area contributed by atoms with Crippen LogP contribution in [0.2, 0.25) is 0 Å². The summed E-state index contributed by atoms with van der Waals surface area (Å²) < 4.78 is 0. The van der Waals surface area contributed by atoms with Gasteiger partial charge in [0.25, 0.3) is 0 Å². The summed E-state index contributed by atoms with van der Waals surface area (Å²) in [6.07, 6.45) is -1.88. The fourth-order valence-corrected chi connectivity index (χ4v) is 6.18. The molecule has 1 fully saturated rings. The number of nitrogens with zero attached hydrogens (tertiary/aromatic N) is 1. The van der Waals surface area contributed by atoms with Gasteiger partial charge >= 0.3 is 18.0 Å². The van der Waals surface area contributed by atoms with Crippen LogP contribution in [0.25, 0.3) is 0 Å². The van der Waals surface area contributed by atoms with E-state index in [0.29, 0.717) is 12.0 Å². The summed E-state index contributed by atoms with van der Waals surface area (Å²) in [6, 6.07) is -0.233. The number of amides is 9. The Morgan fingerprint density at radius 2 is 1.32 bits per heavy atom. The van der Waals surface area contributed by atoms with Crippen molar-refractivity contribution in [2.45, 2.75) is 101 Å². The normalized spacial score (nSPS) is 21.4. The topological polar surface area (TPSA) is 413 Å². The Kier molecular flexibility index (Phi) is 22.9. The van der Waals surface area contributed by atoms with E-state index in [-0.39, 0.29) is 71.0 Å². The van der Waals surface area contributed by atoms with Gasteiger partial charge in [0.15, 0.2) is 5.96 Å². The lowest BCUT2D eigenvalue weighted by Gasteiger charge is -2.29. The van der Waals surface area contributed by atoms with E-state index in [1.807, 2.05) is 0 Å². The predicted molar refractivity (Wildman–Crippen MR) is 223 cm³/mol. The van der Waals surface area contributed by atoms with E-state index in [2.05, 4.69) is 42.5 Å². The third-order valence-corrected chi connectivity index (χ3v) is 9.36. The van der Waals surface area contributed by atoms with Gasteiger partial charge in [-0.25, -0.2) is 4.79 Å². The van der Waals surface area contributed by atoms with E-state index >= 15 is 0 Å². The van der Waals surface area contributed by atoms with E-state index < -0.39 is 122 Å². The molecule has 2 unspecified atom stereocenters. The Labute approximate surface area is 362 Å². The quantitative estimate of drug-likeness (QED) is 0.0400. The molecule has 1 heterocycles. The Hall–Kier alpha value is -7.05. The largest absolute Gasteiger partial charge is 0.481 e. The maximum Gasteiger partial charge on any atom is 0.316 e. The molecule has 0 aliphatic carbocycles. The molecule has 1 aromatic rings. The van der Waals surface area contributed by atoms with Gasteiger partial charge in [0.05, 0.1) is 13.1 Å². The second-order valence-corrected chi connectivity index (χ2v) is 14.5. The molecule has 0 bridgehead atoms. The number of carbonyl (C=O) groups excluding carboxylic acids is 8. The molecular weight excluding hydrogens is 830 g/mol. The van der Waals surface area contributed by atoms with Gasteiger partial charge in [-0.05, 0) is 57.1 Å². The van der Waals surface area contributed by atoms with Crippen LogP contribution < -0.4 is 59.7 Å². The van der Waals surface area contributed by atoms with Crippen molar-refractivity contribution >= 4 is 65.3 Å². The van der Waals surface area contributed by atoms with Gasteiger partial charge in [-0.2, -0.15) is 0 Å². The highest BCUT2D eigenvalue weighted by Gasteiger charge is 2.35. The molecule has 1 aromatic carbocycles. The molecule has 0 spiro atoms. The molecule has 25 nitrogen and oxygen atoms in total. The fourth-order valence-electron chi connectivity index (χ4n) is 6.18. The summed E-state index contributed by atoms with van der Waals surface area (Å²) >= 11 is 0. The number of unbranched alkanes of at least 4 members (excludes halogenated alkanes) is 1. The van der Waals surface area contributed by atoms with Crippen molar-refractivity contribution in [1.29, 1.82) is 5.41 Å². The highest BCUT2D eigenvalue weighted by atomic mass is 16.4. The van der Waals surface area contributed by atoms with Crippen molar-refractivity contribution in [3.05, 3.63) is 35.9 Å². The van der Waals surface area contributed by atoms with Crippen LogP contribution in [0.15, 0.2) is 30.3 Å². The number of carboxylic acid groups (broad SMARTS) is 2. The van der Waals surface area contributed by atoms with Gasteiger partial charge in [-0.3, -0.25) is 48.6 Å². The van der Waals surface area contributed by atoms with Gasteiger partial charge in [0, 0.05) is 32.4 Å². The van der Waals surface area contributed by atoms with Crippen LogP contribution in [0.3, 0.4) is 0 Å². The molecule has 1 aliphatic heterocycles. The smallest absolute Gasteiger partial charge is 0.316 e. The second kappa shape index (κ2) is 27.7. The first-order valence-electron chi connectivity index (χ1n) is 20.2. The number of urea groups is 1. The molecule has 9 amide bonds. The van der Waals surface area contributed by atoms with Crippen molar-refractivity contribution in [3.8, 4) is 0 Å². The maximum atomic E-state index is 14.1. The molecule has 2 rings (SSSR count). The number of nitrogens with one attached hydrogen (secondary N) is 9. The lowest BCUT2D eigenvalue weighted by atomic mass is 10.0. The molecule has 1 saturated heterocycles. The number of aliphatic carboxylic acids is 2. The number of hydrogen-bond donors (Lipinski definition) is 14. The van der Waals surface area contributed by atoms with Gasteiger partial charge in [0.1, 0.15) is 36.8 Å². The highest BCUT2D eigenvalue weighted by molar-refractivity contribution is 5.98. The van der Waals surface area contributed by atoms with Crippen molar-refractivity contribution in [3.63, 3.8) is 0 Å². The molecule has 0 radical (unpaired) electrons. The van der Waals surface area contributed by atoms with Crippen molar-refractivity contribution in [2.24, 2.45) is 17.2 Å². The SMILES string of the molecule is N=C(N)NCCC[C@@H]1NC(=O)C(Cc2ccccc2)NC(=O)[C@H](CCC(=O)O)NC(=O)CCCNC(=O)NCN(CC(N)=O)C(=O)[C@H](CCCCN)NC(=O)C(CC(=O)O)NC1=O. The van der Waals surface area contributed by atoms with E-state index in [0.717, 1.165) is 4.90 Å². The monoisotopic (exact) mass is 889 g/mol. The molecule has 5 atom stereocenters. The second-order valence-electron chi connectivity index (χ2n) is 14.5. The Morgan fingerprint density at radius 1 is 0.730 bits per heavy atom. The first-order chi connectivity index (χ1) is 29.9. The Bertz CT molecular complexity index is 1780. The van der Waals surface area contributed by atoms with Gasteiger partial charge in [-0.1, -0.05) is 30.3 Å². The van der Waals surface area contributed by atoms with E-state index in [1.165, 1.54) is 0 Å². The molecule has 17 N–H and O–H groups in total. The third-order valence-electron chi connectivity index (χ3n) is 9.36. The van der Waals surface area contributed by atoms with Crippen LogP contribution in [0.5, 0.6) is 0 Å². The average molecular weight is 890 g/mol. The maximum absolute atomic E-state index is 14.1. The van der Waals surface area contributed by atoms with Crippen LogP contribution in [0.4, 0.5) is 4.79 Å². The lowest BCUT2D eigenvalue weighted by Crippen LogP contribution is -2.60. The zero-order chi connectivity index (χ0) is 46.9. The minimum absolute atomic E-state index is 0.0215. The van der Waals surface area contributed by atoms with Crippen LogP contribution in [0, 0.1) is 5.41 Å². The average Bonchev–Trinajstić information content (AvgIpc) is 3.21. The number of hydrogen-bond acceptors (Lipinski definition) is 12. The standard InChI is InChI=1S/C38H59N13O12/c39-15-5-4-10-25-36(62)51(20-28(40)52)21-45-38(63)44-17-7-12-29(53)46-24(13-14-30(54)55)33(59)49-26(18-22-8-2-1-3-9-22)34(60)47-23(11-6-16-43-37(41)42)32(58)50-27(19-31(56)57)35(61)48-25/h1-3,8-9,23-27H,4-7,10-21,39H2,(H2,40,52)(H,46,53)(H,47,60)(H,48,61)(H,49,59)(H,50,58)(H,54,55)(H,56,57)(H4,41,42,43)(H2,44,45,63)/t23-,24-,25-,26?,27?/m0/s1. The number of rotatable bonds is 17. The van der Waals surface area contributed by atoms with Gasteiger partial charge < -0.3 is 74.8 Å². The molecule has 0 aromatic heterocycles. The van der Waals surface area contributed by atoms with E-state index in [9.17, 15) is 58.2 Å². The Balaban J connectivity index is 2.66. The van der Waals surface area contributed by atoms with E-state index in [1.54, 1.807) is 30.3 Å². The summed E-state index contributed by atoms with van der Waals surface area (Å²) in [7, 11) is 0. The number of benzene rings is 1. The summed E-state index contributed by atoms with van der Waals surface area (Å²) in [6.45, 7) is -1.18. The van der Waals surface area contributed by atoms with Crippen molar-refractivity contribution < 1.29 is 58.2 Å². The third kappa shape index (κ3) is 20.9.